The number of aromatic nitrogens is 4. The zero-order valence-corrected chi connectivity index (χ0v) is 11.8. The van der Waals surface area contributed by atoms with Gasteiger partial charge in [-0.05, 0) is 49.2 Å². The number of rotatable bonds is 3. The number of hydrogen-bond acceptors (Lipinski definition) is 4. The summed E-state index contributed by atoms with van der Waals surface area (Å²) in [5, 5.41) is 8.10. The molecule has 0 saturated carbocycles. The van der Waals surface area contributed by atoms with Gasteiger partial charge in [0, 0.05) is 18.0 Å². The van der Waals surface area contributed by atoms with Crippen LogP contribution in [0, 0.1) is 13.8 Å². The van der Waals surface area contributed by atoms with Gasteiger partial charge in [-0.1, -0.05) is 11.3 Å². The predicted molar refractivity (Wildman–Crippen MR) is 79.5 cm³/mol. The first kappa shape index (κ1) is 13.2. The Kier molecular flexibility index (Phi) is 3.31. The quantitative estimate of drug-likeness (QED) is 0.691. The fourth-order valence-electron chi connectivity index (χ4n) is 2.41. The lowest BCUT2D eigenvalue weighted by Crippen LogP contribution is -2.01. The molecule has 5 heteroatoms. The van der Waals surface area contributed by atoms with Crippen LogP contribution in [-0.4, -0.2) is 26.3 Å². The van der Waals surface area contributed by atoms with Crippen molar-refractivity contribution >= 4 is 6.29 Å². The third kappa shape index (κ3) is 2.45. The van der Waals surface area contributed by atoms with E-state index in [2.05, 4.69) is 21.4 Å². The summed E-state index contributed by atoms with van der Waals surface area (Å²) < 4.78 is 1.69. The third-order valence-corrected chi connectivity index (χ3v) is 3.21. The van der Waals surface area contributed by atoms with E-state index in [9.17, 15) is 4.79 Å². The topological polar surface area (TPSA) is 60.7 Å². The van der Waals surface area contributed by atoms with Crippen LogP contribution in [0.1, 0.15) is 21.6 Å². The summed E-state index contributed by atoms with van der Waals surface area (Å²) in [7, 11) is 0. The molecule has 0 bridgehead atoms. The Hall–Kier alpha value is -2.82. The van der Waals surface area contributed by atoms with E-state index in [1.54, 1.807) is 17.1 Å². The van der Waals surface area contributed by atoms with Crippen molar-refractivity contribution in [1.29, 1.82) is 0 Å². The molecule has 0 N–H and O–H groups in total. The van der Waals surface area contributed by atoms with Gasteiger partial charge in [-0.25, -0.2) is 4.68 Å². The van der Waals surface area contributed by atoms with E-state index in [0.717, 1.165) is 28.7 Å². The van der Waals surface area contributed by atoms with Crippen molar-refractivity contribution in [2.45, 2.75) is 13.8 Å². The zero-order chi connectivity index (χ0) is 14.8. The molecule has 2 aromatic heterocycles. The summed E-state index contributed by atoms with van der Waals surface area (Å²) in [6.45, 7) is 4.06. The van der Waals surface area contributed by atoms with Crippen molar-refractivity contribution in [3.8, 4) is 16.9 Å². The second-order valence-electron chi connectivity index (χ2n) is 4.93. The van der Waals surface area contributed by atoms with E-state index >= 15 is 0 Å². The van der Waals surface area contributed by atoms with Gasteiger partial charge in [0.1, 0.15) is 5.69 Å². The van der Waals surface area contributed by atoms with Crippen LogP contribution in [0.2, 0.25) is 0 Å². The smallest absolute Gasteiger partial charge is 0.172 e. The lowest BCUT2D eigenvalue weighted by atomic mass is 10.1. The molecular formula is C16H14N4O. The van der Waals surface area contributed by atoms with E-state index in [1.165, 1.54) is 0 Å². The van der Waals surface area contributed by atoms with Gasteiger partial charge in [-0.3, -0.25) is 9.78 Å². The van der Waals surface area contributed by atoms with Crippen molar-refractivity contribution in [3.63, 3.8) is 0 Å². The largest absolute Gasteiger partial charge is 0.296 e. The average Bonchev–Trinajstić information content (AvgIpc) is 2.91. The molecule has 104 valence electrons. The van der Waals surface area contributed by atoms with Crippen LogP contribution in [0.3, 0.4) is 0 Å². The van der Waals surface area contributed by atoms with Gasteiger partial charge >= 0.3 is 0 Å². The van der Waals surface area contributed by atoms with Gasteiger partial charge in [-0.15, -0.1) is 5.10 Å². The highest BCUT2D eigenvalue weighted by molar-refractivity contribution is 5.83. The van der Waals surface area contributed by atoms with Crippen molar-refractivity contribution in [1.82, 2.24) is 20.0 Å². The van der Waals surface area contributed by atoms with Gasteiger partial charge < -0.3 is 0 Å². The minimum atomic E-state index is 0.320. The van der Waals surface area contributed by atoms with Gasteiger partial charge in [-0.2, -0.15) is 0 Å². The summed E-state index contributed by atoms with van der Waals surface area (Å²) >= 11 is 0. The molecule has 0 amide bonds. The number of carbonyl (C=O) groups is 1. The predicted octanol–water partition coefficient (Wildman–Crippen LogP) is 2.76. The van der Waals surface area contributed by atoms with Crippen LogP contribution in [0.5, 0.6) is 0 Å². The summed E-state index contributed by atoms with van der Waals surface area (Å²) in [6.07, 6.45) is 4.09. The van der Waals surface area contributed by atoms with Crippen LogP contribution in [-0.2, 0) is 0 Å². The molecule has 3 rings (SSSR count). The lowest BCUT2D eigenvalue weighted by molar-refractivity contribution is 0.111. The first-order valence-electron chi connectivity index (χ1n) is 6.59. The minimum absolute atomic E-state index is 0.320. The maximum absolute atomic E-state index is 11.2. The number of benzene rings is 1. The van der Waals surface area contributed by atoms with Crippen molar-refractivity contribution in [3.05, 3.63) is 59.5 Å². The summed E-state index contributed by atoms with van der Waals surface area (Å²) in [5.74, 6) is 0. The zero-order valence-electron chi connectivity index (χ0n) is 11.8. The van der Waals surface area contributed by atoms with Crippen LogP contribution >= 0.6 is 0 Å². The Morgan fingerprint density at radius 3 is 2.33 bits per heavy atom. The Labute approximate surface area is 122 Å². The SMILES string of the molecule is Cc1cc(C)cc(-n2nnc(C=O)c2-c2ccncc2)c1. The highest BCUT2D eigenvalue weighted by atomic mass is 16.1. The van der Waals surface area contributed by atoms with E-state index in [1.807, 2.05) is 38.1 Å². The van der Waals surface area contributed by atoms with Gasteiger partial charge in [0.05, 0.1) is 5.69 Å². The number of carbonyl (C=O) groups excluding carboxylic acids is 1. The highest BCUT2D eigenvalue weighted by Crippen LogP contribution is 2.24. The molecule has 0 fully saturated rings. The Morgan fingerprint density at radius 2 is 1.71 bits per heavy atom. The number of aryl methyl sites for hydroxylation is 2. The molecule has 21 heavy (non-hydrogen) atoms. The van der Waals surface area contributed by atoms with E-state index in [4.69, 9.17) is 0 Å². The fourth-order valence-corrected chi connectivity index (χ4v) is 2.41. The minimum Gasteiger partial charge on any atom is -0.296 e. The summed E-state index contributed by atoms with van der Waals surface area (Å²) in [6, 6.07) is 9.80. The molecule has 0 saturated heterocycles. The maximum Gasteiger partial charge on any atom is 0.172 e. The molecule has 0 atom stereocenters. The molecule has 1 aromatic carbocycles. The Morgan fingerprint density at radius 1 is 1.05 bits per heavy atom. The van der Waals surface area contributed by atoms with Crippen molar-refractivity contribution < 1.29 is 4.79 Å². The average molecular weight is 278 g/mol. The number of aldehydes is 1. The number of hydrogen-bond donors (Lipinski definition) is 0. The molecule has 0 aliphatic heterocycles. The summed E-state index contributed by atoms with van der Waals surface area (Å²) in [4.78, 5) is 15.3. The van der Waals surface area contributed by atoms with Crippen LogP contribution < -0.4 is 0 Å². The number of nitrogens with zero attached hydrogens (tertiary/aromatic N) is 4. The molecule has 0 spiro atoms. The molecular weight excluding hydrogens is 264 g/mol. The fraction of sp³-hybridized carbons (Fsp3) is 0.125. The molecule has 5 nitrogen and oxygen atoms in total. The first-order valence-corrected chi connectivity index (χ1v) is 6.59. The monoisotopic (exact) mass is 278 g/mol. The molecule has 0 aliphatic carbocycles. The van der Waals surface area contributed by atoms with Gasteiger partial charge in [0.25, 0.3) is 0 Å². The molecule has 3 aromatic rings. The molecule has 2 heterocycles. The summed E-state index contributed by atoms with van der Waals surface area (Å²) in [5.41, 5.74) is 5.01. The van der Waals surface area contributed by atoms with Crippen LogP contribution in [0.4, 0.5) is 0 Å². The van der Waals surface area contributed by atoms with Gasteiger partial charge in [0.15, 0.2) is 12.0 Å². The molecule has 0 aliphatic rings. The third-order valence-electron chi connectivity index (χ3n) is 3.21. The van der Waals surface area contributed by atoms with E-state index < -0.39 is 0 Å². The number of pyridine rings is 1. The normalized spacial score (nSPS) is 10.6. The molecule has 0 radical (unpaired) electrons. The van der Waals surface area contributed by atoms with Crippen molar-refractivity contribution in [2.75, 3.05) is 0 Å². The van der Waals surface area contributed by atoms with Crippen LogP contribution in [0.15, 0.2) is 42.7 Å². The Bertz CT molecular complexity index is 773. The van der Waals surface area contributed by atoms with Gasteiger partial charge in [0.2, 0.25) is 0 Å². The van der Waals surface area contributed by atoms with E-state index in [0.29, 0.717) is 11.4 Å². The standard InChI is InChI=1S/C16H14N4O/c1-11-7-12(2)9-14(8-11)20-16(15(10-21)18-19-20)13-3-5-17-6-4-13/h3-10H,1-2H3. The first-order chi connectivity index (χ1) is 10.2. The Balaban J connectivity index is 2.24. The van der Waals surface area contributed by atoms with Crippen LogP contribution in [0.25, 0.3) is 16.9 Å². The lowest BCUT2D eigenvalue weighted by Gasteiger charge is -2.09. The van der Waals surface area contributed by atoms with E-state index in [-0.39, 0.29) is 0 Å². The highest BCUT2D eigenvalue weighted by Gasteiger charge is 2.16. The van der Waals surface area contributed by atoms with Crippen molar-refractivity contribution in [2.24, 2.45) is 0 Å². The molecule has 0 unspecified atom stereocenters. The second kappa shape index (κ2) is 5.28. The maximum atomic E-state index is 11.2. The second-order valence-corrected chi connectivity index (χ2v) is 4.93.